The molecule has 0 aliphatic carbocycles. The lowest BCUT2D eigenvalue weighted by Crippen LogP contribution is -2.31. The van der Waals surface area contributed by atoms with Crippen molar-refractivity contribution in [2.75, 3.05) is 7.11 Å². The normalized spacial score (nSPS) is 11.1. The zero-order chi connectivity index (χ0) is 21.8. The van der Waals surface area contributed by atoms with Crippen molar-refractivity contribution >= 4 is 40.1 Å². The van der Waals surface area contributed by atoms with Gasteiger partial charge in [-0.1, -0.05) is 53.5 Å². The number of para-hydroxylation sites is 1. The molecular weight excluding hydrogens is 435 g/mol. The van der Waals surface area contributed by atoms with Gasteiger partial charge >= 0.3 is 0 Å². The van der Waals surface area contributed by atoms with Gasteiger partial charge in [0.15, 0.2) is 5.76 Å². The van der Waals surface area contributed by atoms with Crippen molar-refractivity contribution in [1.29, 1.82) is 0 Å². The first-order valence-electron chi connectivity index (χ1n) is 9.69. The molecule has 4 aromatic rings. The lowest BCUT2D eigenvalue weighted by molar-refractivity contribution is 0.0691. The minimum Gasteiger partial charge on any atom is -0.451 e. The average molecular weight is 455 g/mol. The largest absolute Gasteiger partial charge is 0.451 e. The Bertz CT molecular complexity index is 1210. The van der Waals surface area contributed by atoms with E-state index in [4.69, 9.17) is 32.4 Å². The van der Waals surface area contributed by atoms with Gasteiger partial charge in [-0.25, -0.2) is 0 Å². The number of hydrogen-bond acceptors (Lipinski definition) is 4. The van der Waals surface area contributed by atoms with Crippen LogP contribution in [0.25, 0.3) is 11.0 Å². The van der Waals surface area contributed by atoms with Crippen LogP contribution in [-0.4, -0.2) is 22.9 Å². The number of hydrogen-bond donors (Lipinski definition) is 0. The van der Waals surface area contributed by atoms with Crippen LogP contribution in [0.4, 0.5) is 0 Å². The molecule has 0 aliphatic heterocycles. The average Bonchev–Trinajstić information content (AvgIpc) is 3.15. The summed E-state index contributed by atoms with van der Waals surface area (Å²) >= 11 is 12.2. The SMILES string of the molecule is COCc1c(C(=O)N(Cc2ccc(Cl)c(Cl)c2)Cc2ccccn2)oc2ccccc12. The molecule has 0 atom stereocenters. The van der Waals surface area contributed by atoms with Crippen molar-refractivity contribution in [3.8, 4) is 0 Å². The summed E-state index contributed by atoms with van der Waals surface area (Å²) in [6, 6.07) is 18.5. The van der Waals surface area contributed by atoms with Crippen LogP contribution in [-0.2, 0) is 24.4 Å². The number of rotatable bonds is 7. The molecule has 0 saturated carbocycles. The molecule has 0 bridgehead atoms. The van der Waals surface area contributed by atoms with Gasteiger partial charge in [-0.15, -0.1) is 0 Å². The standard InChI is InChI=1S/C24H20Cl2N2O3/c1-30-15-19-18-7-2-3-8-22(18)31-23(19)24(29)28(14-17-6-4-5-11-27-17)13-16-9-10-20(25)21(26)12-16/h2-12H,13-15H2,1H3. The van der Waals surface area contributed by atoms with E-state index < -0.39 is 0 Å². The fourth-order valence-corrected chi connectivity index (χ4v) is 3.77. The first-order chi connectivity index (χ1) is 15.1. The van der Waals surface area contributed by atoms with Crippen LogP contribution in [0.1, 0.15) is 27.4 Å². The monoisotopic (exact) mass is 454 g/mol. The molecule has 4 rings (SSSR count). The van der Waals surface area contributed by atoms with E-state index in [0.717, 1.165) is 22.2 Å². The minimum absolute atomic E-state index is 0.250. The highest BCUT2D eigenvalue weighted by molar-refractivity contribution is 6.42. The Hall–Kier alpha value is -2.86. The Kier molecular flexibility index (Phi) is 6.56. The van der Waals surface area contributed by atoms with Crippen LogP contribution in [0.5, 0.6) is 0 Å². The van der Waals surface area contributed by atoms with Gasteiger partial charge in [-0.3, -0.25) is 9.78 Å². The molecule has 2 aromatic heterocycles. The molecule has 0 spiro atoms. The number of carbonyl (C=O) groups excluding carboxylic acids is 1. The third-order valence-corrected chi connectivity index (χ3v) is 5.64. The number of fused-ring (bicyclic) bond motifs is 1. The highest BCUT2D eigenvalue weighted by Crippen LogP contribution is 2.29. The summed E-state index contributed by atoms with van der Waals surface area (Å²) in [6.07, 6.45) is 1.70. The molecule has 0 N–H and O–H groups in total. The summed E-state index contributed by atoms with van der Waals surface area (Å²) in [6.45, 7) is 0.890. The van der Waals surface area contributed by atoms with Crippen molar-refractivity contribution < 1.29 is 13.9 Å². The molecule has 1 amide bonds. The smallest absolute Gasteiger partial charge is 0.290 e. The van der Waals surface area contributed by atoms with Crippen molar-refractivity contribution in [3.05, 3.63) is 99.5 Å². The Morgan fingerprint density at radius 2 is 1.84 bits per heavy atom. The van der Waals surface area contributed by atoms with Crippen molar-refractivity contribution in [2.24, 2.45) is 0 Å². The maximum Gasteiger partial charge on any atom is 0.290 e. The molecule has 0 unspecified atom stereocenters. The maximum atomic E-state index is 13.7. The maximum absolute atomic E-state index is 13.7. The minimum atomic E-state index is -0.250. The van der Waals surface area contributed by atoms with Crippen molar-refractivity contribution in [3.63, 3.8) is 0 Å². The van der Waals surface area contributed by atoms with Crippen LogP contribution in [0.3, 0.4) is 0 Å². The zero-order valence-corrected chi connectivity index (χ0v) is 18.4. The molecule has 0 aliphatic rings. The fraction of sp³-hybridized carbons (Fsp3) is 0.167. The number of aromatic nitrogens is 1. The van der Waals surface area contributed by atoms with Crippen LogP contribution < -0.4 is 0 Å². The summed E-state index contributed by atoms with van der Waals surface area (Å²) in [7, 11) is 1.59. The van der Waals surface area contributed by atoms with E-state index in [9.17, 15) is 4.79 Å². The van der Waals surface area contributed by atoms with Gasteiger partial charge in [0, 0.05) is 30.8 Å². The molecule has 7 heteroatoms. The highest BCUT2D eigenvalue weighted by Gasteiger charge is 2.26. The quantitative estimate of drug-likeness (QED) is 0.337. The molecule has 158 valence electrons. The molecule has 0 saturated heterocycles. The Morgan fingerprint density at radius 3 is 2.58 bits per heavy atom. The summed E-state index contributed by atoms with van der Waals surface area (Å²) in [5.74, 6) is 0.0130. The van der Waals surface area contributed by atoms with Gasteiger partial charge in [-0.05, 0) is 35.9 Å². The van der Waals surface area contributed by atoms with E-state index in [0.29, 0.717) is 28.7 Å². The highest BCUT2D eigenvalue weighted by atomic mass is 35.5. The molecule has 0 fully saturated rings. The van der Waals surface area contributed by atoms with E-state index in [1.165, 1.54) is 0 Å². The predicted molar refractivity (Wildman–Crippen MR) is 121 cm³/mol. The van der Waals surface area contributed by atoms with Crippen molar-refractivity contribution in [2.45, 2.75) is 19.7 Å². The third-order valence-electron chi connectivity index (χ3n) is 4.90. The predicted octanol–water partition coefficient (Wildman–Crippen LogP) is 6.12. The van der Waals surface area contributed by atoms with E-state index in [1.807, 2.05) is 48.5 Å². The topological polar surface area (TPSA) is 55.6 Å². The van der Waals surface area contributed by atoms with Gasteiger partial charge in [0.25, 0.3) is 5.91 Å². The number of benzene rings is 2. The second-order valence-electron chi connectivity index (χ2n) is 7.07. The number of amides is 1. The van der Waals surface area contributed by atoms with E-state index >= 15 is 0 Å². The lowest BCUT2D eigenvalue weighted by Gasteiger charge is -2.22. The van der Waals surface area contributed by atoms with Gasteiger partial charge in [-0.2, -0.15) is 0 Å². The second-order valence-corrected chi connectivity index (χ2v) is 7.88. The number of methoxy groups -OCH3 is 1. The van der Waals surface area contributed by atoms with E-state index in [-0.39, 0.29) is 18.3 Å². The Morgan fingerprint density at radius 1 is 1.03 bits per heavy atom. The Labute approximate surface area is 190 Å². The number of carbonyl (C=O) groups is 1. The van der Waals surface area contributed by atoms with Crippen LogP contribution in [0, 0.1) is 0 Å². The van der Waals surface area contributed by atoms with Gasteiger partial charge in [0.05, 0.1) is 28.9 Å². The first-order valence-corrected chi connectivity index (χ1v) is 10.4. The van der Waals surface area contributed by atoms with Crippen molar-refractivity contribution in [1.82, 2.24) is 9.88 Å². The molecular formula is C24H20Cl2N2O3. The number of nitrogens with zero attached hydrogens (tertiary/aromatic N) is 2. The van der Waals surface area contributed by atoms with Gasteiger partial charge in [0.2, 0.25) is 0 Å². The number of furan rings is 1. The lowest BCUT2D eigenvalue weighted by atomic mass is 10.1. The summed E-state index contributed by atoms with van der Waals surface area (Å²) in [5, 5.41) is 1.76. The summed E-state index contributed by atoms with van der Waals surface area (Å²) < 4.78 is 11.3. The molecule has 2 aromatic carbocycles. The van der Waals surface area contributed by atoms with Crippen LogP contribution >= 0.6 is 23.2 Å². The van der Waals surface area contributed by atoms with Crippen LogP contribution in [0.2, 0.25) is 10.0 Å². The number of pyridine rings is 1. The summed E-state index contributed by atoms with van der Waals surface area (Å²) in [5.41, 5.74) is 2.98. The number of halogens is 2. The molecule has 2 heterocycles. The molecule has 0 radical (unpaired) electrons. The first kappa shape index (κ1) is 21.4. The van der Waals surface area contributed by atoms with E-state index in [2.05, 4.69) is 4.98 Å². The van der Waals surface area contributed by atoms with Gasteiger partial charge in [0.1, 0.15) is 5.58 Å². The second kappa shape index (κ2) is 9.52. The molecule has 31 heavy (non-hydrogen) atoms. The fourth-order valence-electron chi connectivity index (χ4n) is 3.45. The number of ether oxygens (including phenoxy) is 1. The third kappa shape index (κ3) is 4.74. The molecule has 5 nitrogen and oxygen atoms in total. The summed E-state index contributed by atoms with van der Waals surface area (Å²) in [4.78, 5) is 19.7. The zero-order valence-electron chi connectivity index (χ0n) is 16.8. The van der Waals surface area contributed by atoms with E-state index in [1.54, 1.807) is 30.3 Å². The van der Waals surface area contributed by atoms with Gasteiger partial charge < -0.3 is 14.1 Å². The van der Waals surface area contributed by atoms with Crippen LogP contribution in [0.15, 0.2) is 71.3 Å². The Balaban J connectivity index is 1.73.